The minimum Gasteiger partial charge on any atom is -0.369 e. The van der Waals surface area contributed by atoms with Gasteiger partial charge in [-0.1, -0.05) is 0 Å². The van der Waals surface area contributed by atoms with E-state index in [0.29, 0.717) is 31.6 Å². The van der Waals surface area contributed by atoms with Crippen LogP contribution in [0.4, 0.5) is 10.1 Å². The lowest BCUT2D eigenvalue weighted by atomic mass is 9.75. The maximum atomic E-state index is 13.2. The molecule has 3 aliphatic rings. The number of carbonyl (C=O) groups is 2. The van der Waals surface area contributed by atoms with Crippen molar-refractivity contribution in [1.82, 2.24) is 25.3 Å². The largest absolute Gasteiger partial charge is 0.369 e. The Morgan fingerprint density at radius 1 is 1.06 bits per heavy atom. The van der Waals surface area contributed by atoms with E-state index in [4.69, 9.17) is 0 Å². The Kier molecular flexibility index (Phi) is 6.45. The standard InChI is InChI=1S/C25H31FN6O2/c26-19-3-5-21(6-4-19)31-16-14-30(15-17-31)11-7-20-18-25(24(34)28-20)8-12-32(13-9-25)23(33)22-2-1-10-27-29-22/h1-6,10,20H,7-9,11-18H2,(H,28,34). The fourth-order valence-electron chi connectivity index (χ4n) is 5.49. The summed E-state index contributed by atoms with van der Waals surface area (Å²) in [6.45, 7) is 5.85. The molecule has 5 rings (SSSR count). The van der Waals surface area contributed by atoms with Crippen LogP contribution in [0.1, 0.15) is 36.2 Å². The summed E-state index contributed by atoms with van der Waals surface area (Å²) in [7, 11) is 0. The van der Waals surface area contributed by atoms with Crippen LogP contribution in [0.5, 0.6) is 0 Å². The van der Waals surface area contributed by atoms with E-state index in [1.165, 1.54) is 12.1 Å². The number of likely N-dealkylation sites (tertiary alicyclic amines) is 1. The normalized spacial score (nSPS) is 22.7. The Morgan fingerprint density at radius 3 is 2.47 bits per heavy atom. The van der Waals surface area contributed by atoms with Crippen LogP contribution in [-0.2, 0) is 4.79 Å². The molecule has 3 fully saturated rings. The molecular weight excluding hydrogens is 435 g/mol. The maximum absolute atomic E-state index is 13.2. The predicted molar refractivity (Wildman–Crippen MR) is 126 cm³/mol. The number of nitrogens with zero attached hydrogens (tertiary/aromatic N) is 5. The molecule has 2 amide bonds. The zero-order valence-corrected chi connectivity index (χ0v) is 19.3. The van der Waals surface area contributed by atoms with E-state index in [9.17, 15) is 14.0 Å². The Bertz CT molecular complexity index is 1000. The first-order valence-electron chi connectivity index (χ1n) is 12.1. The van der Waals surface area contributed by atoms with Crippen LogP contribution in [0.3, 0.4) is 0 Å². The molecular formula is C25H31FN6O2. The maximum Gasteiger partial charge on any atom is 0.274 e. The van der Waals surface area contributed by atoms with Crippen molar-refractivity contribution in [2.75, 3.05) is 50.7 Å². The Hall–Kier alpha value is -3.07. The number of anilines is 1. The summed E-state index contributed by atoms with van der Waals surface area (Å²) in [6, 6.07) is 10.3. The van der Waals surface area contributed by atoms with Gasteiger partial charge >= 0.3 is 0 Å². The minimum atomic E-state index is -0.356. The van der Waals surface area contributed by atoms with Gasteiger partial charge in [-0.2, -0.15) is 5.10 Å². The zero-order valence-electron chi connectivity index (χ0n) is 19.3. The molecule has 1 atom stereocenters. The fourth-order valence-corrected chi connectivity index (χ4v) is 5.49. The van der Waals surface area contributed by atoms with Crippen LogP contribution < -0.4 is 10.2 Å². The lowest BCUT2D eigenvalue weighted by molar-refractivity contribution is -0.129. The molecule has 1 unspecified atom stereocenters. The molecule has 1 aromatic heterocycles. The summed E-state index contributed by atoms with van der Waals surface area (Å²) >= 11 is 0. The highest BCUT2D eigenvalue weighted by molar-refractivity contribution is 5.92. The van der Waals surface area contributed by atoms with Crippen LogP contribution in [0.2, 0.25) is 0 Å². The highest BCUT2D eigenvalue weighted by Gasteiger charge is 2.48. The summed E-state index contributed by atoms with van der Waals surface area (Å²) in [5, 5.41) is 10.9. The smallest absolute Gasteiger partial charge is 0.274 e. The third kappa shape index (κ3) is 4.75. The number of piperazine rings is 1. The highest BCUT2D eigenvalue weighted by atomic mass is 19.1. The number of amides is 2. The van der Waals surface area contributed by atoms with Gasteiger partial charge in [0.05, 0.1) is 5.41 Å². The van der Waals surface area contributed by atoms with Crippen molar-refractivity contribution in [2.45, 2.75) is 31.7 Å². The van der Waals surface area contributed by atoms with Crippen LogP contribution >= 0.6 is 0 Å². The molecule has 0 saturated carbocycles. The summed E-state index contributed by atoms with van der Waals surface area (Å²) in [5.41, 5.74) is 1.06. The second-order valence-corrected chi connectivity index (χ2v) is 9.65. The van der Waals surface area contributed by atoms with Crippen molar-refractivity contribution in [2.24, 2.45) is 5.41 Å². The summed E-state index contributed by atoms with van der Waals surface area (Å²) in [6.07, 6.45) is 4.71. The average Bonchev–Trinajstić information content (AvgIpc) is 3.18. The molecule has 3 aliphatic heterocycles. The SMILES string of the molecule is O=C(c1cccnn1)N1CCC2(CC1)CC(CCN1CCN(c3ccc(F)cc3)CC1)NC2=O. The second-order valence-electron chi connectivity index (χ2n) is 9.65. The van der Waals surface area contributed by atoms with Crippen molar-refractivity contribution in [3.05, 3.63) is 54.1 Å². The fraction of sp³-hybridized carbons (Fsp3) is 0.520. The number of nitrogens with one attached hydrogen (secondary N) is 1. The quantitative estimate of drug-likeness (QED) is 0.726. The first kappa shape index (κ1) is 22.7. The number of piperidine rings is 1. The number of hydrogen-bond acceptors (Lipinski definition) is 6. The predicted octanol–water partition coefficient (Wildman–Crippen LogP) is 1.94. The molecule has 1 aromatic carbocycles. The van der Waals surface area contributed by atoms with Crippen molar-refractivity contribution in [3.8, 4) is 0 Å². The van der Waals surface area contributed by atoms with Gasteiger partial charge in [0.2, 0.25) is 5.91 Å². The number of benzene rings is 1. The van der Waals surface area contributed by atoms with Gasteiger partial charge < -0.3 is 15.1 Å². The number of aromatic nitrogens is 2. The molecule has 180 valence electrons. The third-order valence-corrected chi connectivity index (χ3v) is 7.61. The molecule has 9 heteroatoms. The van der Waals surface area contributed by atoms with Gasteiger partial charge in [-0.05, 0) is 62.1 Å². The van der Waals surface area contributed by atoms with Gasteiger partial charge in [-0.15, -0.1) is 5.10 Å². The van der Waals surface area contributed by atoms with Crippen molar-refractivity contribution in [3.63, 3.8) is 0 Å². The molecule has 1 spiro atoms. The summed E-state index contributed by atoms with van der Waals surface area (Å²) in [4.78, 5) is 32.1. The van der Waals surface area contributed by atoms with E-state index < -0.39 is 0 Å². The molecule has 4 heterocycles. The number of carbonyl (C=O) groups excluding carboxylic acids is 2. The Morgan fingerprint density at radius 2 is 1.79 bits per heavy atom. The first-order valence-corrected chi connectivity index (χ1v) is 12.1. The molecule has 3 saturated heterocycles. The molecule has 1 N–H and O–H groups in total. The van der Waals surface area contributed by atoms with E-state index in [1.54, 1.807) is 23.2 Å². The Balaban J connectivity index is 1.08. The Labute approximate surface area is 199 Å². The average molecular weight is 467 g/mol. The van der Waals surface area contributed by atoms with Gasteiger partial charge in [0, 0.05) is 63.7 Å². The van der Waals surface area contributed by atoms with Gasteiger partial charge in [0.15, 0.2) is 5.69 Å². The van der Waals surface area contributed by atoms with Crippen molar-refractivity contribution in [1.29, 1.82) is 0 Å². The van der Waals surface area contributed by atoms with Crippen molar-refractivity contribution >= 4 is 17.5 Å². The highest BCUT2D eigenvalue weighted by Crippen LogP contribution is 2.41. The third-order valence-electron chi connectivity index (χ3n) is 7.61. The van der Waals surface area contributed by atoms with Gasteiger partial charge in [-0.3, -0.25) is 14.5 Å². The van der Waals surface area contributed by atoms with E-state index >= 15 is 0 Å². The minimum absolute atomic E-state index is 0.113. The van der Waals surface area contributed by atoms with Crippen LogP contribution in [0, 0.1) is 11.2 Å². The van der Waals surface area contributed by atoms with Crippen LogP contribution in [0.25, 0.3) is 0 Å². The van der Waals surface area contributed by atoms with Gasteiger partial charge in [-0.25, -0.2) is 4.39 Å². The van der Waals surface area contributed by atoms with Gasteiger partial charge in [0.25, 0.3) is 5.91 Å². The van der Waals surface area contributed by atoms with E-state index in [2.05, 4.69) is 25.3 Å². The molecule has 8 nitrogen and oxygen atoms in total. The number of rotatable bonds is 5. The lowest BCUT2D eigenvalue weighted by Gasteiger charge is -2.37. The number of hydrogen-bond donors (Lipinski definition) is 1. The number of halogens is 1. The van der Waals surface area contributed by atoms with Crippen LogP contribution in [-0.4, -0.2) is 83.7 Å². The summed E-state index contributed by atoms with van der Waals surface area (Å²) in [5.74, 6) is -0.176. The topological polar surface area (TPSA) is 81.7 Å². The second kappa shape index (κ2) is 9.66. The zero-order chi connectivity index (χ0) is 23.5. The van der Waals surface area contributed by atoms with E-state index in [1.807, 2.05) is 12.1 Å². The lowest BCUT2D eigenvalue weighted by Crippen LogP contribution is -2.47. The molecule has 2 aromatic rings. The molecule has 34 heavy (non-hydrogen) atoms. The first-order chi connectivity index (χ1) is 16.5. The van der Waals surface area contributed by atoms with Crippen LogP contribution in [0.15, 0.2) is 42.6 Å². The molecule has 0 bridgehead atoms. The van der Waals surface area contributed by atoms with Gasteiger partial charge in [0.1, 0.15) is 5.82 Å². The van der Waals surface area contributed by atoms with Crippen molar-refractivity contribution < 1.29 is 14.0 Å². The molecule has 0 aliphatic carbocycles. The monoisotopic (exact) mass is 466 g/mol. The van der Waals surface area contributed by atoms with E-state index in [0.717, 1.165) is 51.3 Å². The van der Waals surface area contributed by atoms with E-state index in [-0.39, 0.29) is 29.1 Å². The molecule has 0 radical (unpaired) electrons. The summed E-state index contributed by atoms with van der Waals surface area (Å²) < 4.78 is 13.2.